The highest BCUT2D eigenvalue weighted by molar-refractivity contribution is 8.02. The Hall–Kier alpha value is -0.120. The summed E-state index contributed by atoms with van der Waals surface area (Å²) in [5.41, 5.74) is 0. The van der Waals surface area contributed by atoms with Crippen molar-refractivity contribution in [2.45, 2.75) is 29.6 Å². The van der Waals surface area contributed by atoms with Crippen LogP contribution in [0.15, 0.2) is 34.1 Å². The van der Waals surface area contributed by atoms with E-state index in [2.05, 4.69) is 36.1 Å². The van der Waals surface area contributed by atoms with Crippen LogP contribution in [0.5, 0.6) is 0 Å². The van der Waals surface area contributed by atoms with E-state index in [0.717, 1.165) is 11.8 Å². The summed E-state index contributed by atoms with van der Waals surface area (Å²) in [6, 6.07) is 8.73. The molecule has 0 saturated carbocycles. The molecule has 15 heavy (non-hydrogen) atoms. The van der Waals surface area contributed by atoms with Crippen LogP contribution < -0.4 is 0 Å². The van der Waals surface area contributed by atoms with E-state index < -0.39 is 0 Å². The lowest BCUT2D eigenvalue weighted by Crippen LogP contribution is -2.22. The maximum absolute atomic E-state index is 2.54. The van der Waals surface area contributed by atoms with Gasteiger partial charge in [0.15, 0.2) is 0 Å². The smallest absolute Gasteiger partial charge is 0.0500 e. The number of hydrogen-bond acceptors (Lipinski definition) is 3. The summed E-state index contributed by atoms with van der Waals surface area (Å²) in [7, 11) is 0. The van der Waals surface area contributed by atoms with Crippen molar-refractivity contribution >= 4 is 23.5 Å². The SMILES string of the molecule is CCCCN1CSc2ccccc2SC1. The van der Waals surface area contributed by atoms with Gasteiger partial charge in [0, 0.05) is 21.5 Å². The Balaban J connectivity index is 1.96. The van der Waals surface area contributed by atoms with Crippen LogP contribution in [0.2, 0.25) is 0 Å². The third-order valence-electron chi connectivity index (χ3n) is 2.48. The average molecular weight is 239 g/mol. The Morgan fingerprint density at radius 3 is 2.27 bits per heavy atom. The first kappa shape index (κ1) is 11.4. The van der Waals surface area contributed by atoms with Gasteiger partial charge in [0.2, 0.25) is 0 Å². The Bertz CT molecular complexity index is 287. The van der Waals surface area contributed by atoms with Gasteiger partial charge in [-0.3, -0.25) is 4.90 Å². The van der Waals surface area contributed by atoms with Crippen molar-refractivity contribution in [3.05, 3.63) is 24.3 Å². The molecule has 0 saturated heterocycles. The lowest BCUT2D eigenvalue weighted by atomic mass is 10.3. The molecule has 0 fully saturated rings. The fourth-order valence-electron chi connectivity index (χ4n) is 1.56. The van der Waals surface area contributed by atoms with E-state index in [4.69, 9.17) is 0 Å². The summed E-state index contributed by atoms with van der Waals surface area (Å²) in [4.78, 5) is 5.43. The van der Waals surface area contributed by atoms with Crippen molar-refractivity contribution in [1.82, 2.24) is 4.90 Å². The number of hydrogen-bond donors (Lipinski definition) is 0. The van der Waals surface area contributed by atoms with Gasteiger partial charge in [0.1, 0.15) is 0 Å². The number of thioether (sulfide) groups is 2. The fourth-order valence-corrected chi connectivity index (χ4v) is 3.88. The van der Waals surface area contributed by atoms with Gasteiger partial charge in [-0.1, -0.05) is 25.5 Å². The summed E-state index contributed by atoms with van der Waals surface area (Å²) < 4.78 is 0. The molecule has 0 aliphatic carbocycles. The summed E-state index contributed by atoms with van der Waals surface area (Å²) in [5, 5.41) is 0. The van der Waals surface area contributed by atoms with E-state index in [-0.39, 0.29) is 0 Å². The van der Waals surface area contributed by atoms with Crippen molar-refractivity contribution in [2.24, 2.45) is 0 Å². The zero-order valence-electron chi connectivity index (χ0n) is 9.11. The second kappa shape index (κ2) is 5.83. The Kier molecular flexibility index (Phi) is 4.42. The van der Waals surface area contributed by atoms with Gasteiger partial charge in [0.25, 0.3) is 0 Å². The number of unbranched alkanes of at least 4 members (excludes halogenated alkanes) is 1. The maximum Gasteiger partial charge on any atom is 0.0500 e. The maximum atomic E-state index is 2.54. The molecule has 0 spiro atoms. The molecule has 1 nitrogen and oxygen atoms in total. The predicted octanol–water partition coefficient (Wildman–Crippen LogP) is 3.90. The van der Waals surface area contributed by atoms with E-state index in [1.165, 1.54) is 29.2 Å². The van der Waals surface area contributed by atoms with Gasteiger partial charge in [-0.05, 0) is 25.1 Å². The first-order valence-electron chi connectivity index (χ1n) is 5.47. The first-order valence-corrected chi connectivity index (χ1v) is 7.44. The van der Waals surface area contributed by atoms with Crippen molar-refractivity contribution < 1.29 is 0 Å². The van der Waals surface area contributed by atoms with Crippen molar-refractivity contribution in [3.63, 3.8) is 0 Å². The van der Waals surface area contributed by atoms with Gasteiger partial charge < -0.3 is 0 Å². The number of benzene rings is 1. The number of rotatable bonds is 3. The van der Waals surface area contributed by atoms with Crippen molar-refractivity contribution in [3.8, 4) is 0 Å². The predicted molar refractivity (Wildman–Crippen MR) is 69.5 cm³/mol. The van der Waals surface area contributed by atoms with Gasteiger partial charge in [-0.15, -0.1) is 23.5 Å². The molecule has 0 unspecified atom stereocenters. The van der Waals surface area contributed by atoms with Crippen molar-refractivity contribution in [2.75, 3.05) is 18.3 Å². The average Bonchev–Trinajstić information content (AvgIpc) is 2.49. The molecule has 1 aliphatic heterocycles. The molecule has 2 rings (SSSR count). The highest BCUT2D eigenvalue weighted by Gasteiger charge is 2.13. The van der Waals surface area contributed by atoms with E-state index in [9.17, 15) is 0 Å². The molecular formula is C12H17NS2. The quantitative estimate of drug-likeness (QED) is 0.787. The van der Waals surface area contributed by atoms with E-state index in [0.29, 0.717) is 0 Å². The highest BCUT2D eigenvalue weighted by atomic mass is 32.2. The molecule has 1 aromatic carbocycles. The van der Waals surface area contributed by atoms with Crippen LogP contribution in [0, 0.1) is 0 Å². The minimum absolute atomic E-state index is 1.14. The summed E-state index contributed by atoms with van der Waals surface area (Å²) in [6.07, 6.45) is 2.61. The minimum atomic E-state index is 1.14. The normalized spacial score (nSPS) is 17.1. The second-order valence-electron chi connectivity index (χ2n) is 3.74. The van der Waals surface area contributed by atoms with Crippen LogP contribution in [0.25, 0.3) is 0 Å². The molecule has 82 valence electrons. The van der Waals surface area contributed by atoms with E-state index >= 15 is 0 Å². The molecule has 0 atom stereocenters. The summed E-state index contributed by atoms with van der Waals surface area (Å²) in [5.74, 6) is 2.29. The summed E-state index contributed by atoms with van der Waals surface area (Å²) in [6.45, 7) is 3.50. The molecule has 0 bridgehead atoms. The first-order chi connectivity index (χ1) is 7.40. The molecule has 1 aliphatic rings. The van der Waals surface area contributed by atoms with Crippen LogP contribution in [-0.2, 0) is 0 Å². The monoisotopic (exact) mass is 239 g/mol. The van der Waals surface area contributed by atoms with Crippen LogP contribution in [0.3, 0.4) is 0 Å². The molecular weight excluding hydrogens is 222 g/mol. The van der Waals surface area contributed by atoms with Gasteiger partial charge in [0.05, 0.1) is 0 Å². The number of nitrogens with zero attached hydrogens (tertiary/aromatic N) is 1. The molecule has 3 heteroatoms. The van der Waals surface area contributed by atoms with Crippen LogP contribution >= 0.6 is 23.5 Å². The third kappa shape index (κ3) is 3.16. The Morgan fingerprint density at radius 2 is 1.73 bits per heavy atom. The third-order valence-corrected chi connectivity index (χ3v) is 4.93. The van der Waals surface area contributed by atoms with Crippen LogP contribution in [0.1, 0.15) is 19.8 Å². The topological polar surface area (TPSA) is 3.24 Å². The van der Waals surface area contributed by atoms with Gasteiger partial charge in [-0.2, -0.15) is 0 Å². The zero-order valence-corrected chi connectivity index (χ0v) is 10.7. The van der Waals surface area contributed by atoms with Crippen molar-refractivity contribution in [1.29, 1.82) is 0 Å². The molecule has 0 aromatic heterocycles. The van der Waals surface area contributed by atoms with E-state index in [1.54, 1.807) is 0 Å². The number of fused-ring (bicyclic) bond motifs is 1. The molecule has 0 N–H and O–H groups in total. The van der Waals surface area contributed by atoms with Crippen LogP contribution in [-0.4, -0.2) is 23.2 Å². The standard InChI is InChI=1S/C12H17NS2/c1-2-3-8-13-9-14-11-6-4-5-7-12(11)15-10-13/h4-7H,2-3,8-10H2,1H3. The van der Waals surface area contributed by atoms with Crippen LogP contribution in [0.4, 0.5) is 0 Å². The second-order valence-corrected chi connectivity index (χ2v) is 5.71. The zero-order chi connectivity index (χ0) is 10.5. The molecule has 1 heterocycles. The lowest BCUT2D eigenvalue weighted by molar-refractivity contribution is 0.369. The highest BCUT2D eigenvalue weighted by Crippen LogP contribution is 2.35. The Labute approximate surface area is 101 Å². The molecule has 1 aromatic rings. The van der Waals surface area contributed by atoms with E-state index in [1.807, 2.05) is 23.5 Å². The minimum Gasteiger partial charge on any atom is -0.284 e. The fraction of sp³-hybridized carbons (Fsp3) is 0.500. The largest absolute Gasteiger partial charge is 0.284 e. The molecule has 0 radical (unpaired) electrons. The Morgan fingerprint density at radius 1 is 1.13 bits per heavy atom. The van der Waals surface area contributed by atoms with Gasteiger partial charge in [-0.25, -0.2) is 0 Å². The summed E-state index contributed by atoms with van der Waals surface area (Å²) >= 11 is 3.95. The molecule has 0 amide bonds. The van der Waals surface area contributed by atoms with Gasteiger partial charge >= 0.3 is 0 Å². The lowest BCUT2D eigenvalue weighted by Gasteiger charge is -2.17.